The van der Waals surface area contributed by atoms with E-state index in [4.69, 9.17) is 10.3 Å². The summed E-state index contributed by atoms with van der Waals surface area (Å²) in [5, 5.41) is 0. The van der Waals surface area contributed by atoms with E-state index in [2.05, 4.69) is 10.2 Å². The van der Waals surface area contributed by atoms with Crippen LogP contribution in [0.5, 0.6) is 5.75 Å². The Bertz CT molecular complexity index is 471. The van der Waals surface area contributed by atoms with Crippen LogP contribution in [0, 0.1) is 0 Å². The maximum Gasteiger partial charge on any atom is 0.387 e. The van der Waals surface area contributed by atoms with Crippen LogP contribution in [0.15, 0.2) is 47.1 Å². The van der Waals surface area contributed by atoms with Crippen molar-refractivity contribution in [1.82, 2.24) is 5.43 Å². The Hall–Kier alpha value is -1.92. The van der Waals surface area contributed by atoms with Crippen molar-refractivity contribution < 1.29 is 17.9 Å². The fraction of sp³-hybridized carbons (Fsp3) is 0.167. The summed E-state index contributed by atoms with van der Waals surface area (Å²) in [6, 6.07) is 9.38. The van der Waals surface area contributed by atoms with Gasteiger partial charge in [0.05, 0.1) is 6.26 Å². The fourth-order valence-corrected chi connectivity index (χ4v) is 1.64. The molecule has 0 fully saturated rings. The van der Waals surface area contributed by atoms with Gasteiger partial charge in [-0.2, -0.15) is 8.78 Å². The Labute approximate surface area is 102 Å². The van der Waals surface area contributed by atoms with Crippen LogP contribution in [0.25, 0.3) is 0 Å². The predicted molar refractivity (Wildman–Crippen MR) is 60.9 cm³/mol. The Morgan fingerprint density at radius 2 is 1.89 bits per heavy atom. The van der Waals surface area contributed by atoms with Crippen LogP contribution in [0.4, 0.5) is 8.78 Å². The highest BCUT2D eigenvalue weighted by atomic mass is 19.3. The third kappa shape index (κ3) is 2.85. The SMILES string of the molecule is NNC(c1ccc(OC(F)F)cc1)c1ccco1. The van der Waals surface area contributed by atoms with Crippen LogP contribution in [0.2, 0.25) is 0 Å². The van der Waals surface area contributed by atoms with Gasteiger partial charge < -0.3 is 9.15 Å². The van der Waals surface area contributed by atoms with Crippen molar-refractivity contribution >= 4 is 0 Å². The highest BCUT2D eigenvalue weighted by Gasteiger charge is 2.15. The van der Waals surface area contributed by atoms with Gasteiger partial charge >= 0.3 is 6.61 Å². The van der Waals surface area contributed by atoms with Crippen LogP contribution in [0.3, 0.4) is 0 Å². The van der Waals surface area contributed by atoms with Crippen LogP contribution in [0.1, 0.15) is 17.4 Å². The van der Waals surface area contributed by atoms with E-state index < -0.39 is 6.61 Å². The first-order chi connectivity index (χ1) is 8.70. The molecule has 3 N–H and O–H groups in total. The summed E-state index contributed by atoms with van der Waals surface area (Å²) in [7, 11) is 0. The van der Waals surface area contributed by atoms with Crippen molar-refractivity contribution in [1.29, 1.82) is 0 Å². The van der Waals surface area contributed by atoms with E-state index in [0.717, 1.165) is 5.56 Å². The fourth-order valence-electron chi connectivity index (χ4n) is 1.64. The quantitative estimate of drug-likeness (QED) is 0.635. The maximum absolute atomic E-state index is 12.0. The van der Waals surface area contributed by atoms with Crippen molar-refractivity contribution in [3.63, 3.8) is 0 Å². The van der Waals surface area contributed by atoms with Crippen molar-refractivity contribution in [2.75, 3.05) is 0 Å². The Morgan fingerprint density at radius 3 is 2.39 bits per heavy atom. The van der Waals surface area contributed by atoms with Crippen molar-refractivity contribution in [2.45, 2.75) is 12.7 Å². The van der Waals surface area contributed by atoms with Crippen LogP contribution < -0.4 is 16.0 Å². The number of hydrazine groups is 1. The molecule has 4 nitrogen and oxygen atoms in total. The molecule has 0 aliphatic rings. The number of benzene rings is 1. The summed E-state index contributed by atoms with van der Waals surface area (Å²) in [4.78, 5) is 0. The molecular weight excluding hydrogens is 242 g/mol. The van der Waals surface area contributed by atoms with Crippen molar-refractivity contribution in [3.8, 4) is 5.75 Å². The van der Waals surface area contributed by atoms with Gasteiger partial charge in [0.2, 0.25) is 0 Å². The second-order valence-electron chi connectivity index (χ2n) is 3.56. The molecule has 6 heteroatoms. The van der Waals surface area contributed by atoms with Gasteiger partial charge in [0, 0.05) is 0 Å². The largest absolute Gasteiger partial charge is 0.467 e. The molecule has 18 heavy (non-hydrogen) atoms. The lowest BCUT2D eigenvalue weighted by Crippen LogP contribution is -2.28. The van der Waals surface area contributed by atoms with Gasteiger partial charge in [0.1, 0.15) is 17.6 Å². The smallest absolute Gasteiger partial charge is 0.387 e. The molecule has 0 saturated heterocycles. The molecule has 0 spiro atoms. The van der Waals surface area contributed by atoms with Gasteiger partial charge in [-0.25, -0.2) is 5.43 Å². The van der Waals surface area contributed by atoms with Gasteiger partial charge in [0.25, 0.3) is 0 Å². The number of nitrogens with one attached hydrogen (secondary N) is 1. The molecule has 0 aliphatic heterocycles. The molecule has 1 aromatic heterocycles. The second kappa shape index (κ2) is 5.61. The number of halogens is 2. The summed E-state index contributed by atoms with van der Waals surface area (Å²) in [5.41, 5.74) is 3.38. The van der Waals surface area contributed by atoms with E-state index in [0.29, 0.717) is 5.76 Å². The highest BCUT2D eigenvalue weighted by Crippen LogP contribution is 2.24. The Morgan fingerprint density at radius 1 is 1.17 bits per heavy atom. The van der Waals surface area contributed by atoms with E-state index in [9.17, 15) is 8.78 Å². The number of rotatable bonds is 5. The molecule has 96 valence electrons. The zero-order valence-corrected chi connectivity index (χ0v) is 9.35. The number of ether oxygens (including phenoxy) is 1. The standard InChI is InChI=1S/C12H12F2N2O2/c13-12(14)18-9-5-3-8(4-6-9)11(16-15)10-2-1-7-17-10/h1-7,11-12,16H,15H2. The summed E-state index contributed by atoms with van der Waals surface area (Å²) >= 11 is 0. The number of alkyl halides is 2. The molecule has 1 aromatic carbocycles. The first-order valence-corrected chi connectivity index (χ1v) is 5.25. The van der Waals surface area contributed by atoms with Gasteiger partial charge in [-0.3, -0.25) is 5.84 Å². The molecule has 1 unspecified atom stereocenters. The maximum atomic E-state index is 12.0. The first-order valence-electron chi connectivity index (χ1n) is 5.25. The molecule has 2 aromatic rings. The normalized spacial score (nSPS) is 12.7. The summed E-state index contributed by atoms with van der Waals surface area (Å²) in [6.07, 6.45) is 1.54. The first kappa shape index (κ1) is 12.5. The monoisotopic (exact) mass is 254 g/mol. The molecule has 2 rings (SSSR count). The molecule has 1 atom stereocenters. The zero-order valence-electron chi connectivity index (χ0n) is 9.35. The van der Waals surface area contributed by atoms with Gasteiger partial charge in [-0.15, -0.1) is 0 Å². The minimum absolute atomic E-state index is 0.101. The van der Waals surface area contributed by atoms with Gasteiger partial charge in [0.15, 0.2) is 0 Å². The third-order valence-corrected chi connectivity index (χ3v) is 2.43. The molecule has 0 aliphatic carbocycles. The van der Waals surface area contributed by atoms with E-state index >= 15 is 0 Å². The molecule has 0 bridgehead atoms. The lowest BCUT2D eigenvalue weighted by molar-refractivity contribution is -0.0498. The summed E-state index contributed by atoms with van der Waals surface area (Å²) < 4.78 is 33.5. The lowest BCUT2D eigenvalue weighted by Gasteiger charge is -2.14. The van der Waals surface area contributed by atoms with Gasteiger partial charge in [-0.1, -0.05) is 12.1 Å². The average molecular weight is 254 g/mol. The molecule has 0 saturated carbocycles. The highest BCUT2D eigenvalue weighted by molar-refractivity contribution is 5.32. The van der Waals surface area contributed by atoms with Crippen LogP contribution in [-0.4, -0.2) is 6.61 Å². The minimum Gasteiger partial charge on any atom is -0.467 e. The van der Waals surface area contributed by atoms with E-state index in [1.807, 2.05) is 0 Å². The van der Waals surface area contributed by atoms with E-state index in [1.54, 1.807) is 24.3 Å². The summed E-state index contributed by atoms with van der Waals surface area (Å²) in [5.74, 6) is 6.19. The minimum atomic E-state index is -2.83. The van der Waals surface area contributed by atoms with Crippen LogP contribution >= 0.6 is 0 Å². The topological polar surface area (TPSA) is 60.4 Å². The summed E-state index contributed by atoms with van der Waals surface area (Å²) in [6.45, 7) is -2.83. The number of hydrogen-bond acceptors (Lipinski definition) is 4. The molecule has 0 radical (unpaired) electrons. The average Bonchev–Trinajstić information content (AvgIpc) is 2.85. The predicted octanol–water partition coefficient (Wildman–Crippen LogP) is 2.43. The number of hydrogen-bond donors (Lipinski definition) is 2. The van der Waals surface area contributed by atoms with Gasteiger partial charge in [-0.05, 0) is 29.8 Å². The van der Waals surface area contributed by atoms with Crippen molar-refractivity contribution in [3.05, 3.63) is 54.0 Å². The zero-order chi connectivity index (χ0) is 13.0. The van der Waals surface area contributed by atoms with E-state index in [-0.39, 0.29) is 11.8 Å². The molecular formula is C12H12F2N2O2. The second-order valence-corrected chi connectivity index (χ2v) is 3.56. The van der Waals surface area contributed by atoms with Crippen molar-refractivity contribution in [2.24, 2.45) is 5.84 Å². The molecule has 0 amide bonds. The molecule has 1 heterocycles. The Kier molecular flexibility index (Phi) is 3.91. The van der Waals surface area contributed by atoms with E-state index in [1.165, 1.54) is 18.4 Å². The lowest BCUT2D eigenvalue weighted by atomic mass is 10.1. The number of nitrogens with two attached hydrogens (primary N) is 1. The van der Waals surface area contributed by atoms with Crippen LogP contribution in [-0.2, 0) is 0 Å². The third-order valence-electron chi connectivity index (χ3n) is 2.43. The Balaban J connectivity index is 2.17. The number of furan rings is 1.